The fraction of sp³-hybridized carbons (Fsp3) is 0.333. The molecule has 0 atom stereocenters. The average Bonchev–Trinajstić information content (AvgIpc) is 2.96. The Balaban J connectivity index is 1.99. The number of benzene rings is 1. The van der Waals surface area contributed by atoms with Crippen LogP contribution in [0.3, 0.4) is 0 Å². The number of thiazole rings is 1. The van der Waals surface area contributed by atoms with E-state index in [-0.39, 0.29) is 12.4 Å². The fourth-order valence-corrected chi connectivity index (χ4v) is 2.64. The van der Waals surface area contributed by atoms with Gasteiger partial charge in [0.2, 0.25) is 0 Å². The van der Waals surface area contributed by atoms with E-state index in [1.807, 2.05) is 41.6 Å². The lowest BCUT2D eigenvalue weighted by molar-refractivity contribution is -0.139. The van der Waals surface area contributed by atoms with Crippen LogP contribution in [-0.4, -0.2) is 32.2 Å². The number of nitrogens with zero attached hydrogens (tertiary/aromatic N) is 2. The van der Waals surface area contributed by atoms with Gasteiger partial charge in [0.15, 0.2) is 5.13 Å². The summed E-state index contributed by atoms with van der Waals surface area (Å²) < 4.78 is 9.78. The Morgan fingerprint density at radius 2 is 2.00 bits per heavy atom. The number of methoxy groups -OCH3 is 2. The van der Waals surface area contributed by atoms with Crippen LogP contribution in [0.15, 0.2) is 29.6 Å². The van der Waals surface area contributed by atoms with Gasteiger partial charge in [-0.15, -0.1) is 11.3 Å². The minimum absolute atomic E-state index is 0.212. The zero-order valence-electron chi connectivity index (χ0n) is 12.3. The lowest BCUT2D eigenvalue weighted by Crippen LogP contribution is -2.16. The Labute approximate surface area is 128 Å². The Hall–Kier alpha value is -2.08. The standard InChI is InChI=1S/C15H18N2O3S/c1-17(9-11-4-6-13(19-2)7-5-11)15-16-12(10-21-15)8-14(18)20-3/h4-7,10H,8-9H2,1-3H3. The maximum Gasteiger partial charge on any atom is 0.311 e. The average molecular weight is 306 g/mol. The second-order valence-electron chi connectivity index (χ2n) is 4.58. The van der Waals surface area contributed by atoms with Crippen molar-refractivity contribution < 1.29 is 14.3 Å². The van der Waals surface area contributed by atoms with Crippen LogP contribution in [-0.2, 0) is 22.5 Å². The second kappa shape index (κ2) is 7.08. The minimum Gasteiger partial charge on any atom is -0.497 e. The van der Waals surface area contributed by atoms with Gasteiger partial charge in [-0.25, -0.2) is 4.98 Å². The molecule has 0 aliphatic carbocycles. The van der Waals surface area contributed by atoms with Crippen molar-refractivity contribution in [2.24, 2.45) is 0 Å². The highest BCUT2D eigenvalue weighted by Gasteiger charge is 2.11. The molecule has 0 radical (unpaired) electrons. The molecule has 1 heterocycles. The Morgan fingerprint density at radius 1 is 1.29 bits per heavy atom. The van der Waals surface area contributed by atoms with Gasteiger partial charge in [-0.1, -0.05) is 12.1 Å². The highest BCUT2D eigenvalue weighted by atomic mass is 32.1. The molecule has 1 aromatic carbocycles. The summed E-state index contributed by atoms with van der Waals surface area (Å²) in [6, 6.07) is 7.93. The number of rotatable bonds is 6. The molecular weight excluding hydrogens is 288 g/mol. The van der Waals surface area contributed by atoms with E-state index in [1.54, 1.807) is 7.11 Å². The van der Waals surface area contributed by atoms with E-state index < -0.39 is 0 Å². The van der Waals surface area contributed by atoms with Crippen molar-refractivity contribution >= 4 is 22.4 Å². The summed E-state index contributed by atoms with van der Waals surface area (Å²) in [4.78, 5) is 17.7. The summed E-state index contributed by atoms with van der Waals surface area (Å²) in [5, 5.41) is 2.77. The van der Waals surface area contributed by atoms with Crippen LogP contribution in [0.2, 0.25) is 0 Å². The van der Waals surface area contributed by atoms with E-state index in [9.17, 15) is 4.79 Å². The van der Waals surface area contributed by atoms with Crippen LogP contribution in [0.4, 0.5) is 5.13 Å². The van der Waals surface area contributed by atoms with E-state index in [0.717, 1.165) is 23.1 Å². The van der Waals surface area contributed by atoms with Crippen LogP contribution in [0.1, 0.15) is 11.3 Å². The molecule has 1 aromatic heterocycles. The Bertz CT molecular complexity index is 595. The molecule has 0 saturated carbocycles. The molecule has 0 saturated heterocycles. The van der Waals surface area contributed by atoms with Gasteiger partial charge in [0.05, 0.1) is 26.3 Å². The van der Waals surface area contributed by atoms with E-state index in [2.05, 4.69) is 9.72 Å². The molecule has 0 aliphatic heterocycles. The highest BCUT2D eigenvalue weighted by molar-refractivity contribution is 7.13. The number of ether oxygens (including phenoxy) is 2. The largest absolute Gasteiger partial charge is 0.497 e. The molecule has 0 spiro atoms. The molecule has 0 fully saturated rings. The predicted molar refractivity (Wildman–Crippen MR) is 82.9 cm³/mol. The molecule has 0 aliphatic rings. The van der Waals surface area contributed by atoms with Crippen molar-refractivity contribution in [3.63, 3.8) is 0 Å². The van der Waals surface area contributed by atoms with Crippen molar-refractivity contribution in [3.8, 4) is 5.75 Å². The number of carbonyl (C=O) groups excluding carboxylic acids is 1. The van der Waals surface area contributed by atoms with Crippen molar-refractivity contribution in [3.05, 3.63) is 40.9 Å². The fourth-order valence-electron chi connectivity index (χ4n) is 1.85. The molecule has 5 nitrogen and oxygen atoms in total. The van der Waals surface area contributed by atoms with E-state index in [1.165, 1.54) is 24.0 Å². The lowest BCUT2D eigenvalue weighted by atomic mass is 10.2. The normalized spacial score (nSPS) is 10.2. The minimum atomic E-state index is -0.273. The van der Waals surface area contributed by atoms with Crippen LogP contribution in [0, 0.1) is 0 Å². The third-order valence-electron chi connectivity index (χ3n) is 3.00. The first kappa shape index (κ1) is 15.3. The van der Waals surface area contributed by atoms with Gasteiger partial charge < -0.3 is 14.4 Å². The molecular formula is C15H18N2O3S. The van der Waals surface area contributed by atoms with Gasteiger partial charge in [0, 0.05) is 19.0 Å². The zero-order valence-corrected chi connectivity index (χ0v) is 13.1. The number of carbonyl (C=O) groups is 1. The first-order valence-electron chi connectivity index (χ1n) is 6.47. The van der Waals surface area contributed by atoms with Crippen molar-refractivity contribution in [1.29, 1.82) is 0 Å². The molecule has 0 bridgehead atoms. The molecule has 0 amide bonds. The summed E-state index contributed by atoms with van der Waals surface area (Å²) >= 11 is 1.52. The summed E-state index contributed by atoms with van der Waals surface area (Å²) in [7, 11) is 5.01. The van der Waals surface area contributed by atoms with Gasteiger partial charge >= 0.3 is 5.97 Å². The Kier molecular flexibility index (Phi) is 5.16. The smallest absolute Gasteiger partial charge is 0.311 e. The van der Waals surface area contributed by atoms with Crippen molar-refractivity contribution in [1.82, 2.24) is 4.98 Å². The third kappa shape index (κ3) is 4.19. The molecule has 112 valence electrons. The second-order valence-corrected chi connectivity index (χ2v) is 5.42. The zero-order chi connectivity index (χ0) is 15.2. The molecule has 0 unspecified atom stereocenters. The first-order valence-corrected chi connectivity index (χ1v) is 7.35. The maximum atomic E-state index is 11.2. The molecule has 6 heteroatoms. The number of anilines is 1. The summed E-state index contributed by atoms with van der Waals surface area (Å²) in [6.07, 6.45) is 0.212. The number of hydrogen-bond donors (Lipinski definition) is 0. The monoisotopic (exact) mass is 306 g/mol. The lowest BCUT2D eigenvalue weighted by Gasteiger charge is -2.15. The Morgan fingerprint density at radius 3 is 2.62 bits per heavy atom. The van der Waals surface area contributed by atoms with Crippen LogP contribution in [0.25, 0.3) is 0 Å². The SMILES string of the molecule is COC(=O)Cc1csc(N(C)Cc2ccc(OC)cc2)n1. The molecule has 2 rings (SSSR count). The molecule has 21 heavy (non-hydrogen) atoms. The maximum absolute atomic E-state index is 11.2. The van der Waals surface area contributed by atoms with E-state index >= 15 is 0 Å². The van der Waals surface area contributed by atoms with Gasteiger partial charge in [-0.3, -0.25) is 4.79 Å². The van der Waals surface area contributed by atoms with Gasteiger partial charge in [-0.05, 0) is 17.7 Å². The highest BCUT2D eigenvalue weighted by Crippen LogP contribution is 2.22. The van der Waals surface area contributed by atoms with Gasteiger partial charge in [0.25, 0.3) is 0 Å². The van der Waals surface area contributed by atoms with E-state index in [4.69, 9.17) is 4.74 Å². The molecule has 2 aromatic rings. The summed E-state index contributed by atoms with van der Waals surface area (Å²) in [5.74, 6) is 0.570. The van der Waals surface area contributed by atoms with Crippen LogP contribution in [0.5, 0.6) is 5.75 Å². The molecule has 0 N–H and O–H groups in total. The number of esters is 1. The van der Waals surface area contributed by atoms with Crippen LogP contribution < -0.4 is 9.64 Å². The predicted octanol–water partition coefficient (Wildman–Crippen LogP) is 2.50. The topological polar surface area (TPSA) is 51.7 Å². The first-order chi connectivity index (χ1) is 10.1. The number of hydrogen-bond acceptors (Lipinski definition) is 6. The number of aromatic nitrogens is 1. The summed E-state index contributed by atoms with van der Waals surface area (Å²) in [5.41, 5.74) is 1.91. The van der Waals surface area contributed by atoms with Gasteiger partial charge in [-0.2, -0.15) is 0 Å². The quantitative estimate of drug-likeness (QED) is 0.768. The van der Waals surface area contributed by atoms with Crippen LogP contribution >= 0.6 is 11.3 Å². The van der Waals surface area contributed by atoms with Crippen molar-refractivity contribution in [2.45, 2.75) is 13.0 Å². The van der Waals surface area contributed by atoms with Crippen molar-refractivity contribution in [2.75, 3.05) is 26.2 Å². The van der Waals surface area contributed by atoms with E-state index in [0.29, 0.717) is 0 Å². The van der Waals surface area contributed by atoms with Gasteiger partial charge in [0.1, 0.15) is 5.75 Å². The third-order valence-corrected chi connectivity index (χ3v) is 4.00. The summed E-state index contributed by atoms with van der Waals surface area (Å²) in [6.45, 7) is 0.745.